The topological polar surface area (TPSA) is 93.0 Å². The van der Waals surface area contributed by atoms with Crippen molar-refractivity contribution >= 4 is 21.8 Å². The molecular formula is C19H19NO5S. The normalized spacial score (nSPS) is 15.5. The molecule has 136 valence electrons. The van der Waals surface area contributed by atoms with E-state index in [0.29, 0.717) is 36.1 Å². The number of nitrogens with zero attached hydrogens (tertiary/aromatic N) is 1. The van der Waals surface area contributed by atoms with Gasteiger partial charge in [0.2, 0.25) is 0 Å². The lowest BCUT2D eigenvalue weighted by atomic mass is 9.85. The average Bonchev–Trinajstić information content (AvgIpc) is 2.59. The fourth-order valence-corrected chi connectivity index (χ4v) is 3.78. The molecule has 0 amide bonds. The van der Waals surface area contributed by atoms with Crippen molar-refractivity contribution in [1.29, 1.82) is 0 Å². The molecule has 3 rings (SSSR count). The summed E-state index contributed by atoms with van der Waals surface area (Å²) in [5.41, 5.74) is 3.71. The van der Waals surface area contributed by atoms with Gasteiger partial charge in [0.1, 0.15) is 4.90 Å². The molecule has 0 atom stereocenters. The van der Waals surface area contributed by atoms with E-state index in [0.717, 1.165) is 11.1 Å². The van der Waals surface area contributed by atoms with Crippen LogP contribution in [0.25, 0.3) is 0 Å². The van der Waals surface area contributed by atoms with Gasteiger partial charge in [0, 0.05) is 5.56 Å². The molecule has 0 unspecified atom stereocenters. The zero-order chi connectivity index (χ0) is 18.9. The van der Waals surface area contributed by atoms with Crippen LogP contribution in [0.3, 0.4) is 0 Å². The Hall–Kier alpha value is -2.67. The second kappa shape index (κ2) is 6.92. The highest BCUT2D eigenvalue weighted by molar-refractivity contribution is 7.86. The van der Waals surface area contributed by atoms with Crippen molar-refractivity contribution in [2.24, 2.45) is 5.16 Å². The molecule has 0 bridgehead atoms. The lowest BCUT2D eigenvalue weighted by molar-refractivity contribution is 0.0695. The van der Waals surface area contributed by atoms with Gasteiger partial charge in [0.05, 0.1) is 11.3 Å². The molecule has 2 aromatic rings. The lowest BCUT2D eigenvalue weighted by Crippen LogP contribution is -2.17. The summed E-state index contributed by atoms with van der Waals surface area (Å²) in [5.74, 6) is -1.00. The molecule has 0 fully saturated rings. The van der Waals surface area contributed by atoms with Crippen LogP contribution in [0.5, 0.6) is 0 Å². The Morgan fingerprint density at radius 3 is 2.42 bits per heavy atom. The Bertz CT molecular complexity index is 991. The quantitative estimate of drug-likeness (QED) is 0.829. The van der Waals surface area contributed by atoms with E-state index in [2.05, 4.69) is 5.16 Å². The fraction of sp³-hybridized carbons (Fsp3) is 0.263. The molecule has 1 aliphatic rings. The molecule has 0 aliphatic heterocycles. The van der Waals surface area contributed by atoms with Gasteiger partial charge in [-0.15, -0.1) is 0 Å². The van der Waals surface area contributed by atoms with Crippen LogP contribution < -0.4 is 0 Å². The third-order valence-corrected chi connectivity index (χ3v) is 5.45. The highest BCUT2D eigenvalue weighted by atomic mass is 32.2. The van der Waals surface area contributed by atoms with E-state index >= 15 is 0 Å². The number of benzene rings is 2. The molecule has 7 heteroatoms. The summed E-state index contributed by atoms with van der Waals surface area (Å²) in [4.78, 5) is 11.5. The van der Waals surface area contributed by atoms with Crippen LogP contribution >= 0.6 is 0 Å². The predicted octanol–water partition coefficient (Wildman–Crippen LogP) is 3.45. The zero-order valence-electron chi connectivity index (χ0n) is 14.5. The van der Waals surface area contributed by atoms with Gasteiger partial charge < -0.3 is 5.11 Å². The largest absolute Gasteiger partial charge is 0.478 e. The highest BCUT2D eigenvalue weighted by Gasteiger charge is 2.24. The van der Waals surface area contributed by atoms with Crippen LogP contribution in [0.2, 0.25) is 0 Å². The third kappa shape index (κ3) is 3.62. The van der Waals surface area contributed by atoms with E-state index in [-0.39, 0.29) is 10.5 Å². The van der Waals surface area contributed by atoms with Crippen LogP contribution in [0.1, 0.15) is 45.5 Å². The first-order valence-electron chi connectivity index (χ1n) is 8.22. The molecule has 0 aromatic heterocycles. The van der Waals surface area contributed by atoms with Crippen molar-refractivity contribution in [2.75, 3.05) is 0 Å². The number of hydrogen-bond donors (Lipinski definition) is 1. The summed E-state index contributed by atoms with van der Waals surface area (Å²) in [6.45, 7) is 3.65. The maximum Gasteiger partial charge on any atom is 0.358 e. The summed E-state index contributed by atoms with van der Waals surface area (Å²) < 4.78 is 29.5. The van der Waals surface area contributed by atoms with Gasteiger partial charge in [-0.05, 0) is 68.5 Å². The third-order valence-electron chi connectivity index (χ3n) is 4.33. The van der Waals surface area contributed by atoms with Crippen LogP contribution in [0.4, 0.5) is 0 Å². The van der Waals surface area contributed by atoms with Gasteiger partial charge in [-0.1, -0.05) is 22.9 Å². The molecular weight excluding hydrogens is 354 g/mol. The Kier molecular flexibility index (Phi) is 4.82. The monoisotopic (exact) mass is 373 g/mol. The van der Waals surface area contributed by atoms with E-state index in [1.807, 2.05) is 13.0 Å². The zero-order valence-corrected chi connectivity index (χ0v) is 15.3. The minimum atomic E-state index is -4.02. The van der Waals surface area contributed by atoms with Crippen LogP contribution in [-0.4, -0.2) is 25.2 Å². The smallest absolute Gasteiger partial charge is 0.358 e. The van der Waals surface area contributed by atoms with Gasteiger partial charge in [0.25, 0.3) is 0 Å². The first-order chi connectivity index (χ1) is 12.3. The Balaban J connectivity index is 1.97. The first-order valence-corrected chi connectivity index (χ1v) is 9.63. The maximum absolute atomic E-state index is 12.3. The summed E-state index contributed by atoms with van der Waals surface area (Å²) in [5, 5.41) is 13.3. The molecule has 6 nitrogen and oxygen atoms in total. The van der Waals surface area contributed by atoms with Crippen molar-refractivity contribution in [3.8, 4) is 0 Å². The summed E-state index contributed by atoms with van der Waals surface area (Å²) in [7, 11) is -4.02. The van der Waals surface area contributed by atoms with Crippen LogP contribution in [0.15, 0.2) is 46.4 Å². The predicted molar refractivity (Wildman–Crippen MR) is 97.1 cm³/mol. The minimum absolute atomic E-state index is 0.0268. The van der Waals surface area contributed by atoms with Crippen molar-refractivity contribution in [1.82, 2.24) is 0 Å². The summed E-state index contributed by atoms with van der Waals surface area (Å²) >= 11 is 0. The van der Waals surface area contributed by atoms with Crippen LogP contribution in [-0.2, 0) is 20.8 Å². The Morgan fingerprint density at radius 1 is 1.08 bits per heavy atom. The maximum atomic E-state index is 12.3. The van der Waals surface area contributed by atoms with E-state index in [1.54, 1.807) is 25.1 Å². The average molecular weight is 373 g/mol. The van der Waals surface area contributed by atoms with Crippen molar-refractivity contribution in [3.05, 3.63) is 64.2 Å². The Morgan fingerprint density at radius 2 is 1.77 bits per heavy atom. The molecule has 1 N–H and O–H groups in total. The van der Waals surface area contributed by atoms with E-state index in [1.165, 1.54) is 12.1 Å². The molecule has 26 heavy (non-hydrogen) atoms. The summed E-state index contributed by atoms with van der Waals surface area (Å²) in [6, 6.07) is 9.73. The second-order valence-electron chi connectivity index (χ2n) is 6.38. The number of aromatic carboxylic acids is 1. The molecule has 0 radical (unpaired) electrons. The fourth-order valence-electron chi connectivity index (χ4n) is 3.04. The minimum Gasteiger partial charge on any atom is -0.478 e. The Labute approximate surface area is 152 Å². The number of oxime groups is 1. The lowest BCUT2D eigenvalue weighted by Gasteiger charge is -2.20. The van der Waals surface area contributed by atoms with Gasteiger partial charge >= 0.3 is 16.1 Å². The number of hydrogen-bond acceptors (Lipinski definition) is 5. The van der Waals surface area contributed by atoms with Crippen molar-refractivity contribution in [2.45, 2.75) is 38.0 Å². The van der Waals surface area contributed by atoms with E-state index < -0.39 is 16.1 Å². The number of rotatable bonds is 4. The molecule has 0 heterocycles. The highest BCUT2D eigenvalue weighted by Crippen LogP contribution is 2.27. The van der Waals surface area contributed by atoms with E-state index in [9.17, 15) is 18.3 Å². The number of carboxylic acid groups (broad SMARTS) is 1. The first kappa shape index (κ1) is 18.1. The second-order valence-corrected chi connectivity index (χ2v) is 7.91. The van der Waals surface area contributed by atoms with Gasteiger partial charge in [-0.3, -0.25) is 4.28 Å². The number of carboxylic acids is 1. The van der Waals surface area contributed by atoms with E-state index in [4.69, 9.17) is 4.28 Å². The molecule has 0 saturated heterocycles. The molecule has 0 spiro atoms. The number of fused-ring (bicyclic) bond motifs is 1. The van der Waals surface area contributed by atoms with Gasteiger partial charge in [0.15, 0.2) is 0 Å². The van der Waals surface area contributed by atoms with Crippen molar-refractivity contribution < 1.29 is 22.6 Å². The SMILES string of the molecule is Cc1ccc(S(=O)(=O)ON=C2CCCc3c(C(=O)O)cc(C)cc32)cc1. The number of aryl methyl sites for hydroxylation is 2. The molecule has 1 aliphatic carbocycles. The van der Waals surface area contributed by atoms with Crippen molar-refractivity contribution in [3.63, 3.8) is 0 Å². The molecule has 0 saturated carbocycles. The van der Waals surface area contributed by atoms with Gasteiger partial charge in [-0.25, -0.2) is 4.79 Å². The number of carbonyl (C=O) groups is 1. The standard InChI is InChI=1S/C19H19NO5S/c1-12-6-8-14(9-7-12)26(23,24)25-20-18-5-3-4-15-16(18)10-13(2)11-17(15)19(21)22/h6-11H,3-5H2,1-2H3,(H,21,22). The summed E-state index contributed by atoms with van der Waals surface area (Å²) in [6.07, 6.45) is 1.82. The molecule has 2 aromatic carbocycles. The van der Waals surface area contributed by atoms with Gasteiger partial charge in [-0.2, -0.15) is 8.42 Å². The van der Waals surface area contributed by atoms with Crippen LogP contribution in [0, 0.1) is 13.8 Å².